The predicted molar refractivity (Wildman–Crippen MR) is 139 cm³/mol. The third-order valence-electron chi connectivity index (χ3n) is 5.37. The lowest BCUT2D eigenvalue weighted by molar-refractivity contribution is -0.130. The summed E-state index contributed by atoms with van der Waals surface area (Å²) in [5.74, 6) is 1.90. The van der Waals surface area contributed by atoms with E-state index in [0.29, 0.717) is 18.9 Å². The van der Waals surface area contributed by atoms with Crippen molar-refractivity contribution in [2.75, 3.05) is 26.2 Å². The average molecular weight is 553 g/mol. The first-order valence-electron chi connectivity index (χ1n) is 11.4. The van der Waals surface area contributed by atoms with E-state index in [1.54, 1.807) is 0 Å². The Bertz CT molecular complexity index is 879. The number of nitrogens with one attached hydrogen (secondary N) is 2. The number of pyridine rings is 1. The van der Waals surface area contributed by atoms with Crippen molar-refractivity contribution in [1.29, 1.82) is 0 Å². The van der Waals surface area contributed by atoms with E-state index >= 15 is 0 Å². The fourth-order valence-electron chi connectivity index (χ4n) is 3.76. The quantitative estimate of drug-likeness (QED) is 0.227. The van der Waals surface area contributed by atoms with Crippen LogP contribution in [0.4, 0.5) is 0 Å². The molecule has 1 aliphatic rings. The minimum atomic E-state index is 0. The zero-order chi connectivity index (χ0) is 22.1. The van der Waals surface area contributed by atoms with Gasteiger partial charge in [0.1, 0.15) is 0 Å². The maximum Gasteiger partial charge on any atom is 0.222 e. The number of aliphatic imine (C=N–C) groups is 1. The van der Waals surface area contributed by atoms with Gasteiger partial charge >= 0.3 is 0 Å². The summed E-state index contributed by atoms with van der Waals surface area (Å²) < 4.78 is 1.85. The van der Waals surface area contributed by atoms with E-state index < -0.39 is 0 Å². The Balaban J connectivity index is 0.00000363. The first-order chi connectivity index (χ1) is 15.1. The standard InChI is InChI=1S/C23H35N7O.HI/c1-4-24-23(25-12-8-14-29-13-7-5-6-9-22(29)31)27-17-20-10-11-21(26-16-20)30-19(3)15-18(2)28-30;/h10-11,15-16H,4-9,12-14,17H2,1-3H3,(H2,24,25,27);1H. The van der Waals surface area contributed by atoms with Gasteiger partial charge in [0.2, 0.25) is 5.91 Å². The molecule has 1 saturated heterocycles. The summed E-state index contributed by atoms with van der Waals surface area (Å²) in [6.45, 7) is 9.89. The third kappa shape index (κ3) is 7.75. The van der Waals surface area contributed by atoms with Gasteiger partial charge < -0.3 is 15.5 Å². The SMILES string of the molecule is CCNC(=NCc1ccc(-n2nc(C)cc2C)nc1)NCCCN1CCCCCC1=O.I. The van der Waals surface area contributed by atoms with E-state index in [0.717, 1.165) is 80.6 Å². The van der Waals surface area contributed by atoms with Gasteiger partial charge in [-0.25, -0.2) is 14.7 Å². The van der Waals surface area contributed by atoms with Crippen LogP contribution in [0.3, 0.4) is 0 Å². The van der Waals surface area contributed by atoms with Crippen LogP contribution in [0.15, 0.2) is 29.4 Å². The van der Waals surface area contributed by atoms with Gasteiger partial charge in [0, 0.05) is 44.5 Å². The van der Waals surface area contributed by atoms with Gasteiger partial charge in [-0.3, -0.25) is 4.79 Å². The molecule has 32 heavy (non-hydrogen) atoms. The number of nitrogens with zero attached hydrogens (tertiary/aromatic N) is 5. The summed E-state index contributed by atoms with van der Waals surface area (Å²) in [4.78, 5) is 23.3. The second-order valence-electron chi connectivity index (χ2n) is 8.03. The van der Waals surface area contributed by atoms with Crippen LogP contribution in [0, 0.1) is 13.8 Å². The summed E-state index contributed by atoms with van der Waals surface area (Å²) in [7, 11) is 0. The number of carbonyl (C=O) groups is 1. The molecule has 2 aromatic rings. The van der Waals surface area contributed by atoms with Crippen molar-refractivity contribution in [3.05, 3.63) is 41.3 Å². The number of likely N-dealkylation sites (tertiary alicyclic amines) is 1. The van der Waals surface area contributed by atoms with Crippen molar-refractivity contribution in [3.63, 3.8) is 0 Å². The number of hydrogen-bond acceptors (Lipinski definition) is 4. The zero-order valence-corrected chi connectivity index (χ0v) is 21.8. The van der Waals surface area contributed by atoms with E-state index in [4.69, 9.17) is 0 Å². The van der Waals surface area contributed by atoms with E-state index in [2.05, 4.69) is 32.6 Å². The molecule has 0 saturated carbocycles. The smallest absolute Gasteiger partial charge is 0.222 e. The van der Waals surface area contributed by atoms with E-state index in [1.807, 2.05) is 47.8 Å². The molecule has 0 aromatic carbocycles. The molecule has 0 aliphatic carbocycles. The summed E-state index contributed by atoms with van der Waals surface area (Å²) in [6, 6.07) is 6.05. The Hall–Kier alpha value is -2.17. The minimum absolute atomic E-state index is 0. The van der Waals surface area contributed by atoms with Crippen LogP contribution >= 0.6 is 24.0 Å². The molecule has 1 amide bonds. The van der Waals surface area contributed by atoms with Crippen molar-refractivity contribution in [1.82, 2.24) is 30.3 Å². The Labute approximate surface area is 208 Å². The molecule has 9 heteroatoms. The van der Waals surface area contributed by atoms with Gasteiger partial charge in [-0.05, 0) is 57.7 Å². The van der Waals surface area contributed by atoms with Crippen molar-refractivity contribution in [2.45, 2.75) is 59.4 Å². The molecule has 0 radical (unpaired) electrons. The largest absolute Gasteiger partial charge is 0.357 e. The predicted octanol–water partition coefficient (Wildman–Crippen LogP) is 3.35. The normalized spacial score (nSPS) is 14.7. The van der Waals surface area contributed by atoms with Gasteiger partial charge in [-0.15, -0.1) is 24.0 Å². The number of aromatic nitrogens is 3. The van der Waals surface area contributed by atoms with Gasteiger partial charge in [0.25, 0.3) is 0 Å². The Morgan fingerprint density at radius 2 is 2.03 bits per heavy atom. The molecule has 3 heterocycles. The van der Waals surface area contributed by atoms with Crippen molar-refractivity contribution in [3.8, 4) is 5.82 Å². The number of halogens is 1. The molecule has 1 fully saturated rings. The number of carbonyl (C=O) groups excluding carboxylic acids is 1. The highest BCUT2D eigenvalue weighted by atomic mass is 127. The first-order valence-corrected chi connectivity index (χ1v) is 11.4. The maximum atomic E-state index is 12.1. The lowest BCUT2D eigenvalue weighted by atomic mass is 10.2. The third-order valence-corrected chi connectivity index (χ3v) is 5.37. The van der Waals surface area contributed by atoms with Gasteiger partial charge in [0.15, 0.2) is 11.8 Å². The zero-order valence-electron chi connectivity index (χ0n) is 19.4. The fourth-order valence-corrected chi connectivity index (χ4v) is 3.76. The molecule has 8 nitrogen and oxygen atoms in total. The van der Waals surface area contributed by atoms with Crippen LogP contribution in [-0.4, -0.2) is 57.7 Å². The Kier molecular flexibility index (Phi) is 10.9. The van der Waals surface area contributed by atoms with Crippen molar-refractivity contribution >= 4 is 35.8 Å². The minimum Gasteiger partial charge on any atom is -0.357 e. The highest BCUT2D eigenvalue weighted by molar-refractivity contribution is 14.0. The molecule has 0 bridgehead atoms. The second kappa shape index (κ2) is 13.4. The van der Waals surface area contributed by atoms with Crippen LogP contribution in [0.5, 0.6) is 0 Å². The Morgan fingerprint density at radius 1 is 1.19 bits per heavy atom. The van der Waals surface area contributed by atoms with Crippen LogP contribution in [-0.2, 0) is 11.3 Å². The fraction of sp³-hybridized carbons (Fsp3) is 0.565. The van der Waals surface area contributed by atoms with Crippen LogP contribution in [0.25, 0.3) is 5.82 Å². The number of amides is 1. The van der Waals surface area contributed by atoms with Crippen LogP contribution in [0.2, 0.25) is 0 Å². The number of rotatable bonds is 8. The van der Waals surface area contributed by atoms with E-state index in [1.165, 1.54) is 0 Å². The Morgan fingerprint density at radius 3 is 2.72 bits per heavy atom. The molecule has 1 aliphatic heterocycles. The molecule has 176 valence electrons. The molecule has 0 atom stereocenters. The van der Waals surface area contributed by atoms with Crippen molar-refractivity contribution < 1.29 is 4.79 Å². The molecular formula is C23H36IN7O. The highest BCUT2D eigenvalue weighted by Gasteiger charge is 2.15. The average Bonchev–Trinajstić information content (AvgIpc) is 2.97. The topological polar surface area (TPSA) is 87.4 Å². The molecule has 0 unspecified atom stereocenters. The highest BCUT2D eigenvalue weighted by Crippen LogP contribution is 2.12. The maximum absolute atomic E-state index is 12.1. The summed E-state index contributed by atoms with van der Waals surface area (Å²) in [5, 5.41) is 11.1. The molecular weight excluding hydrogens is 517 g/mol. The molecule has 3 rings (SSSR count). The molecule has 2 N–H and O–H groups in total. The van der Waals surface area contributed by atoms with E-state index in [-0.39, 0.29) is 24.0 Å². The van der Waals surface area contributed by atoms with Gasteiger partial charge in [0.05, 0.1) is 12.2 Å². The summed E-state index contributed by atoms with van der Waals surface area (Å²) in [5.41, 5.74) is 3.09. The first kappa shape index (κ1) is 26.1. The lowest BCUT2D eigenvalue weighted by Crippen LogP contribution is -2.39. The summed E-state index contributed by atoms with van der Waals surface area (Å²) in [6.07, 6.45) is 6.77. The number of guanidine groups is 1. The number of hydrogen-bond donors (Lipinski definition) is 2. The van der Waals surface area contributed by atoms with Crippen molar-refractivity contribution in [2.24, 2.45) is 4.99 Å². The monoisotopic (exact) mass is 553 g/mol. The lowest BCUT2D eigenvalue weighted by Gasteiger charge is -2.20. The summed E-state index contributed by atoms with van der Waals surface area (Å²) >= 11 is 0. The second-order valence-corrected chi connectivity index (χ2v) is 8.03. The van der Waals surface area contributed by atoms with E-state index in [9.17, 15) is 4.79 Å². The van der Waals surface area contributed by atoms with Crippen LogP contribution in [0.1, 0.15) is 56.0 Å². The van der Waals surface area contributed by atoms with Gasteiger partial charge in [-0.2, -0.15) is 5.10 Å². The van der Waals surface area contributed by atoms with Gasteiger partial charge in [-0.1, -0.05) is 12.5 Å². The molecule has 2 aromatic heterocycles. The van der Waals surface area contributed by atoms with Crippen LogP contribution < -0.4 is 10.6 Å². The number of aryl methyl sites for hydroxylation is 2. The molecule has 0 spiro atoms.